The van der Waals surface area contributed by atoms with Gasteiger partial charge in [-0.2, -0.15) is 0 Å². The number of carbonyl (C=O) groups is 1. The van der Waals surface area contributed by atoms with Crippen molar-refractivity contribution < 1.29 is 4.79 Å². The largest absolute Gasteiger partial charge is 0.355 e. The number of hydrogen-bond donors (Lipinski definition) is 1. The second-order valence-electron chi connectivity index (χ2n) is 6.37. The van der Waals surface area contributed by atoms with Crippen molar-refractivity contribution in [3.8, 4) is 0 Å². The van der Waals surface area contributed by atoms with Crippen molar-refractivity contribution in [3.63, 3.8) is 0 Å². The van der Waals surface area contributed by atoms with Gasteiger partial charge in [0.05, 0.1) is 0 Å². The van der Waals surface area contributed by atoms with Crippen molar-refractivity contribution in [2.75, 3.05) is 17.3 Å². The van der Waals surface area contributed by atoms with E-state index in [9.17, 15) is 4.79 Å². The standard InChI is InChI=1S/C21H21ClN4O/c1-14-17(22)10-7-11-18(14)25-21(27)19-12-20(24-15(2)23-19)26(3)13-16-8-5-4-6-9-16/h4-12H,13H2,1-3H3,(H,25,27). The first-order chi connectivity index (χ1) is 12.9. The number of rotatable bonds is 5. The van der Waals surface area contributed by atoms with Crippen LogP contribution in [0.15, 0.2) is 54.6 Å². The predicted octanol–water partition coefficient (Wildman–Crippen LogP) is 4.64. The number of nitrogens with one attached hydrogen (secondary N) is 1. The van der Waals surface area contributed by atoms with Crippen LogP contribution in [0, 0.1) is 13.8 Å². The maximum Gasteiger partial charge on any atom is 0.274 e. The summed E-state index contributed by atoms with van der Waals surface area (Å²) in [5, 5.41) is 3.48. The van der Waals surface area contributed by atoms with Crippen LogP contribution in [0.5, 0.6) is 0 Å². The highest BCUT2D eigenvalue weighted by Gasteiger charge is 2.14. The molecule has 2 aromatic carbocycles. The van der Waals surface area contributed by atoms with Crippen LogP contribution in [0.4, 0.5) is 11.5 Å². The fourth-order valence-electron chi connectivity index (χ4n) is 2.73. The van der Waals surface area contributed by atoms with Crippen molar-refractivity contribution in [2.45, 2.75) is 20.4 Å². The molecule has 1 heterocycles. The molecular formula is C21H21ClN4O. The minimum absolute atomic E-state index is 0.291. The Morgan fingerprint density at radius 2 is 1.81 bits per heavy atom. The molecule has 0 saturated carbocycles. The van der Waals surface area contributed by atoms with Crippen molar-refractivity contribution in [1.82, 2.24) is 9.97 Å². The van der Waals surface area contributed by atoms with Crippen LogP contribution >= 0.6 is 11.6 Å². The van der Waals surface area contributed by atoms with E-state index < -0.39 is 0 Å². The molecule has 1 N–H and O–H groups in total. The third-order valence-electron chi connectivity index (χ3n) is 4.23. The smallest absolute Gasteiger partial charge is 0.274 e. The Kier molecular flexibility index (Phi) is 5.72. The van der Waals surface area contributed by atoms with Gasteiger partial charge in [-0.1, -0.05) is 48.0 Å². The lowest BCUT2D eigenvalue weighted by Crippen LogP contribution is -2.21. The number of amides is 1. The van der Waals surface area contributed by atoms with Crippen LogP contribution in [-0.2, 0) is 6.54 Å². The summed E-state index contributed by atoms with van der Waals surface area (Å²) in [6.07, 6.45) is 0. The van der Waals surface area contributed by atoms with Gasteiger partial charge >= 0.3 is 0 Å². The molecule has 3 aromatic rings. The highest BCUT2D eigenvalue weighted by atomic mass is 35.5. The van der Waals surface area contributed by atoms with Gasteiger partial charge in [0.2, 0.25) is 0 Å². The van der Waals surface area contributed by atoms with Crippen LogP contribution in [0.3, 0.4) is 0 Å². The zero-order valence-electron chi connectivity index (χ0n) is 15.5. The molecular weight excluding hydrogens is 360 g/mol. The zero-order valence-corrected chi connectivity index (χ0v) is 16.3. The molecule has 1 amide bonds. The normalized spacial score (nSPS) is 10.5. The maximum absolute atomic E-state index is 12.7. The van der Waals surface area contributed by atoms with Gasteiger partial charge in [0, 0.05) is 30.4 Å². The topological polar surface area (TPSA) is 58.1 Å². The highest BCUT2D eigenvalue weighted by molar-refractivity contribution is 6.31. The summed E-state index contributed by atoms with van der Waals surface area (Å²) in [5.74, 6) is 0.944. The number of halogens is 1. The van der Waals surface area contributed by atoms with Gasteiger partial charge in [0.1, 0.15) is 17.3 Å². The van der Waals surface area contributed by atoms with Gasteiger partial charge in [-0.05, 0) is 37.1 Å². The fourth-order valence-corrected chi connectivity index (χ4v) is 2.91. The predicted molar refractivity (Wildman–Crippen MR) is 109 cm³/mol. The first-order valence-electron chi connectivity index (χ1n) is 8.61. The number of anilines is 2. The van der Waals surface area contributed by atoms with E-state index >= 15 is 0 Å². The molecule has 0 aliphatic carbocycles. The van der Waals surface area contributed by atoms with E-state index in [0.717, 1.165) is 11.1 Å². The van der Waals surface area contributed by atoms with Gasteiger partial charge in [-0.3, -0.25) is 4.79 Å². The maximum atomic E-state index is 12.7. The SMILES string of the molecule is Cc1nc(C(=O)Nc2cccc(Cl)c2C)cc(N(C)Cc2ccccc2)n1. The van der Waals surface area contributed by atoms with Gasteiger partial charge in [0.15, 0.2) is 0 Å². The minimum Gasteiger partial charge on any atom is -0.355 e. The lowest BCUT2D eigenvalue weighted by atomic mass is 10.2. The Morgan fingerprint density at radius 3 is 2.56 bits per heavy atom. The monoisotopic (exact) mass is 380 g/mol. The molecule has 0 spiro atoms. The Labute approximate surface area is 164 Å². The average Bonchev–Trinajstić information content (AvgIpc) is 2.65. The van der Waals surface area contributed by atoms with Gasteiger partial charge in [-0.15, -0.1) is 0 Å². The number of hydrogen-bond acceptors (Lipinski definition) is 4. The van der Waals surface area contributed by atoms with Crippen LogP contribution in [0.25, 0.3) is 0 Å². The van der Waals surface area contributed by atoms with Gasteiger partial charge < -0.3 is 10.2 Å². The first kappa shape index (κ1) is 18.9. The molecule has 138 valence electrons. The van der Waals surface area contributed by atoms with E-state index in [2.05, 4.69) is 27.4 Å². The summed E-state index contributed by atoms with van der Waals surface area (Å²) in [4.78, 5) is 23.4. The Balaban J connectivity index is 1.82. The lowest BCUT2D eigenvalue weighted by molar-refractivity contribution is 0.102. The second-order valence-corrected chi connectivity index (χ2v) is 6.77. The Morgan fingerprint density at radius 1 is 1.07 bits per heavy atom. The van der Waals surface area contributed by atoms with Crippen molar-refractivity contribution in [1.29, 1.82) is 0 Å². The lowest BCUT2D eigenvalue weighted by Gasteiger charge is -2.19. The highest BCUT2D eigenvalue weighted by Crippen LogP contribution is 2.23. The molecule has 6 heteroatoms. The Hall–Kier alpha value is -2.92. The minimum atomic E-state index is -0.291. The summed E-state index contributed by atoms with van der Waals surface area (Å²) in [7, 11) is 1.94. The summed E-state index contributed by atoms with van der Waals surface area (Å²) in [6.45, 7) is 4.33. The van der Waals surface area contributed by atoms with Crippen molar-refractivity contribution in [2.24, 2.45) is 0 Å². The molecule has 0 bridgehead atoms. The average molecular weight is 381 g/mol. The summed E-state index contributed by atoms with van der Waals surface area (Å²) < 4.78 is 0. The molecule has 0 aliphatic rings. The molecule has 0 radical (unpaired) electrons. The molecule has 0 unspecified atom stereocenters. The molecule has 0 saturated heterocycles. The molecule has 5 nitrogen and oxygen atoms in total. The van der Waals surface area contributed by atoms with Crippen LogP contribution < -0.4 is 10.2 Å². The first-order valence-corrected chi connectivity index (χ1v) is 8.99. The van der Waals surface area contributed by atoms with E-state index in [1.165, 1.54) is 0 Å². The number of aromatic nitrogens is 2. The quantitative estimate of drug-likeness (QED) is 0.700. The number of aryl methyl sites for hydroxylation is 1. The number of carbonyl (C=O) groups excluding carboxylic acids is 1. The van der Waals surface area contributed by atoms with E-state index in [1.807, 2.05) is 43.1 Å². The number of benzene rings is 2. The third kappa shape index (κ3) is 4.63. The summed E-state index contributed by atoms with van der Waals surface area (Å²) in [5.41, 5.74) is 2.97. The van der Waals surface area contributed by atoms with Gasteiger partial charge in [-0.25, -0.2) is 9.97 Å². The number of nitrogens with zero attached hydrogens (tertiary/aromatic N) is 3. The zero-order chi connectivity index (χ0) is 19.4. The van der Waals surface area contributed by atoms with E-state index in [-0.39, 0.29) is 5.91 Å². The Bertz CT molecular complexity index is 960. The van der Waals surface area contributed by atoms with Crippen LogP contribution in [0.1, 0.15) is 27.4 Å². The molecule has 3 rings (SSSR count). The molecule has 1 aromatic heterocycles. The van der Waals surface area contributed by atoms with E-state index in [1.54, 1.807) is 25.1 Å². The van der Waals surface area contributed by atoms with Crippen molar-refractivity contribution in [3.05, 3.63) is 82.3 Å². The van der Waals surface area contributed by atoms with Crippen LogP contribution in [0.2, 0.25) is 5.02 Å². The van der Waals surface area contributed by atoms with E-state index in [4.69, 9.17) is 11.6 Å². The molecule has 0 fully saturated rings. The molecule has 27 heavy (non-hydrogen) atoms. The second kappa shape index (κ2) is 8.18. The van der Waals surface area contributed by atoms with Crippen LogP contribution in [-0.4, -0.2) is 22.9 Å². The summed E-state index contributed by atoms with van der Waals surface area (Å²) in [6, 6.07) is 17.2. The van der Waals surface area contributed by atoms with Gasteiger partial charge in [0.25, 0.3) is 5.91 Å². The molecule has 0 aliphatic heterocycles. The third-order valence-corrected chi connectivity index (χ3v) is 4.64. The summed E-state index contributed by atoms with van der Waals surface area (Å²) >= 11 is 6.13. The fraction of sp³-hybridized carbons (Fsp3) is 0.190. The van der Waals surface area contributed by atoms with E-state index in [0.29, 0.717) is 34.6 Å². The van der Waals surface area contributed by atoms with Crippen molar-refractivity contribution >= 4 is 29.0 Å². The molecule has 0 atom stereocenters.